The Hall–Kier alpha value is -2.93. The molecule has 2 heterocycles. The van der Waals surface area contributed by atoms with Crippen molar-refractivity contribution in [1.29, 1.82) is 0 Å². The van der Waals surface area contributed by atoms with E-state index in [1.54, 1.807) is 29.7 Å². The normalized spacial score (nSPS) is 20.6. The van der Waals surface area contributed by atoms with Crippen molar-refractivity contribution in [2.45, 2.75) is 103 Å². The molecule has 1 amide bonds. The van der Waals surface area contributed by atoms with E-state index in [1.807, 2.05) is 12.1 Å². The zero-order valence-electron chi connectivity index (χ0n) is 22.9. The van der Waals surface area contributed by atoms with Gasteiger partial charge in [-0.15, -0.1) is 0 Å². The van der Waals surface area contributed by atoms with Gasteiger partial charge in [0.15, 0.2) is 0 Å². The van der Waals surface area contributed by atoms with E-state index in [2.05, 4.69) is 43.9 Å². The van der Waals surface area contributed by atoms with Crippen LogP contribution in [-0.4, -0.2) is 54.3 Å². The third-order valence-electron chi connectivity index (χ3n) is 8.81. The number of aryl methyl sites for hydroxylation is 1. The van der Waals surface area contributed by atoms with Crippen molar-refractivity contribution in [3.63, 3.8) is 0 Å². The van der Waals surface area contributed by atoms with E-state index < -0.39 is 0 Å². The van der Waals surface area contributed by atoms with Crippen LogP contribution in [0.15, 0.2) is 49.1 Å². The number of aromatic amines is 2. The summed E-state index contributed by atoms with van der Waals surface area (Å²) in [7, 11) is 0. The maximum atomic E-state index is 13.4. The fraction of sp³-hybridized carbons (Fsp3) is 0.581. The van der Waals surface area contributed by atoms with Gasteiger partial charge in [0, 0.05) is 42.4 Å². The lowest BCUT2D eigenvalue weighted by atomic mass is 9.81. The van der Waals surface area contributed by atoms with E-state index >= 15 is 0 Å². The summed E-state index contributed by atoms with van der Waals surface area (Å²) in [5, 5.41) is 0. The fourth-order valence-corrected chi connectivity index (χ4v) is 6.69. The number of carbonyl (C=O) groups is 1. The molecule has 204 valence electrons. The molecule has 38 heavy (non-hydrogen) atoms. The van der Waals surface area contributed by atoms with Crippen LogP contribution in [0.2, 0.25) is 0 Å². The van der Waals surface area contributed by atoms with Crippen LogP contribution >= 0.6 is 0 Å². The Balaban J connectivity index is 1.11. The molecule has 3 aromatic rings. The molecule has 0 bridgehead atoms. The molecule has 2 fully saturated rings. The highest BCUT2D eigenvalue weighted by Crippen LogP contribution is 2.34. The van der Waals surface area contributed by atoms with Crippen LogP contribution in [-0.2, 0) is 19.5 Å². The molecule has 0 atom stereocenters. The number of nitrogens with zero attached hydrogens (tertiary/aromatic N) is 4. The zero-order valence-corrected chi connectivity index (χ0v) is 22.9. The smallest absolute Gasteiger partial charge is 0.254 e. The third kappa shape index (κ3) is 6.93. The molecular weight excluding hydrogens is 472 g/mol. The van der Waals surface area contributed by atoms with Crippen molar-refractivity contribution in [2.24, 2.45) is 5.92 Å². The molecular formula is C31H44N6O. The Morgan fingerprint density at radius 3 is 2.00 bits per heavy atom. The van der Waals surface area contributed by atoms with Crippen LogP contribution in [0, 0.1) is 5.92 Å². The van der Waals surface area contributed by atoms with Gasteiger partial charge in [-0.25, -0.2) is 9.97 Å². The quantitative estimate of drug-likeness (QED) is 0.322. The molecule has 1 aromatic carbocycles. The van der Waals surface area contributed by atoms with Crippen LogP contribution in [0.5, 0.6) is 0 Å². The topological polar surface area (TPSA) is 80.9 Å². The van der Waals surface area contributed by atoms with Crippen molar-refractivity contribution in [3.8, 4) is 0 Å². The predicted molar refractivity (Wildman–Crippen MR) is 151 cm³/mol. The van der Waals surface area contributed by atoms with Crippen LogP contribution < -0.4 is 0 Å². The van der Waals surface area contributed by atoms with Gasteiger partial charge in [-0.05, 0) is 81.5 Å². The number of H-pyrrole nitrogens is 2. The van der Waals surface area contributed by atoms with Crippen molar-refractivity contribution >= 4 is 5.91 Å². The van der Waals surface area contributed by atoms with Crippen molar-refractivity contribution in [1.82, 2.24) is 29.7 Å². The molecule has 2 N–H and O–H groups in total. The maximum Gasteiger partial charge on any atom is 0.254 e. The van der Waals surface area contributed by atoms with Gasteiger partial charge < -0.3 is 14.9 Å². The van der Waals surface area contributed by atoms with Gasteiger partial charge in [-0.1, -0.05) is 38.3 Å². The second-order valence-electron chi connectivity index (χ2n) is 11.3. The van der Waals surface area contributed by atoms with E-state index in [1.165, 1.54) is 76.3 Å². The second-order valence-corrected chi connectivity index (χ2v) is 11.3. The van der Waals surface area contributed by atoms with Crippen LogP contribution in [0.25, 0.3) is 0 Å². The molecule has 2 aromatic heterocycles. The van der Waals surface area contributed by atoms with E-state index in [0.717, 1.165) is 36.1 Å². The molecule has 0 aliphatic heterocycles. The molecule has 5 rings (SSSR count). The second kappa shape index (κ2) is 13.2. The van der Waals surface area contributed by atoms with Crippen molar-refractivity contribution in [2.75, 3.05) is 6.54 Å². The SMILES string of the molecule is CCN(C1CCCCC1)C1CCC(CCc2ccc(C(=O)N(Cc3ncc[nH]3)Cc3ncc[nH]3)cc2)CC1. The van der Waals surface area contributed by atoms with Gasteiger partial charge in [0.05, 0.1) is 13.1 Å². The van der Waals surface area contributed by atoms with Crippen molar-refractivity contribution in [3.05, 3.63) is 71.8 Å². The summed E-state index contributed by atoms with van der Waals surface area (Å²) < 4.78 is 0. The Morgan fingerprint density at radius 2 is 1.45 bits per heavy atom. The first-order valence-corrected chi connectivity index (χ1v) is 14.8. The van der Waals surface area contributed by atoms with Gasteiger partial charge in [0.2, 0.25) is 0 Å². The molecule has 2 aliphatic carbocycles. The number of hydrogen-bond donors (Lipinski definition) is 2. The van der Waals surface area contributed by atoms with Gasteiger partial charge in [-0.3, -0.25) is 9.69 Å². The van der Waals surface area contributed by atoms with Gasteiger partial charge >= 0.3 is 0 Å². The van der Waals surface area contributed by atoms with E-state index in [9.17, 15) is 4.79 Å². The highest BCUT2D eigenvalue weighted by atomic mass is 16.2. The molecule has 0 spiro atoms. The lowest BCUT2D eigenvalue weighted by Crippen LogP contribution is -2.45. The number of imidazole rings is 2. The summed E-state index contributed by atoms with van der Waals surface area (Å²) in [6.07, 6.45) is 21.9. The van der Waals surface area contributed by atoms with Gasteiger partial charge in [-0.2, -0.15) is 0 Å². The third-order valence-corrected chi connectivity index (χ3v) is 8.81. The number of benzene rings is 1. The number of nitrogens with one attached hydrogen (secondary N) is 2. The first-order valence-electron chi connectivity index (χ1n) is 14.8. The lowest BCUT2D eigenvalue weighted by molar-refractivity contribution is 0.0721. The zero-order chi connectivity index (χ0) is 26.2. The lowest BCUT2D eigenvalue weighted by Gasteiger charge is -2.42. The molecule has 7 heteroatoms. The summed E-state index contributed by atoms with van der Waals surface area (Å²) in [6, 6.07) is 9.88. The number of aromatic nitrogens is 4. The minimum absolute atomic E-state index is 0.0129. The highest BCUT2D eigenvalue weighted by Gasteiger charge is 2.30. The Labute approximate surface area is 227 Å². The summed E-state index contributed by atoms with van der Waals surface area (Å²) >= 11 is 0. The maximum absolute atomic E-state index is 13.4. The molecule has 7 nitrogen and oxygen atoms in total. The van der Waals surface area contributed by atoms with Crippen molar-refractivity contribution < 1.29 is 4.79 Å². The average molecular weight is 517 g/mol. The predicted octanol–water partition coefficient (Wildman–Crippen LogP) is 6.12. The van der Waals surface area contributed by atoms with Crippen LogP contribution in [0.3, 0.4) is 0 Å². The Morgan fingerprint density at radius 1 is 0.842 bits per heavy atom. The van der Waals surface area contributed by atoms with Gasteiger partial charge in [0.1, 0.15) is 11.6 Å². The Kier molecular flexibility index (Phi) is 9.28. The first kappa shape index (κ1) is 26.7. The molecule has 0 saturated heterocycles. The number of hydrogen-bond acceptors (Lipinski definition) is 4. The molecule has 0 radical (unpaired) electrons. The Bertz CT molecular complexity index is 1040. The number of carbonyl (C=O) groups excluding carboxylic acids is 1. The van der Waals surface area contributed by atoms with E-state index in [4.69, 9.17) is 0 Å². The largest absolute Gasteiger partial charge is 0.347 e. The molecule has 0 unspecified atom stereocenters. The summed E-state index contributed by atoms with van der Waals surface area (Å²) in [5.74, 6) is 2.34. The van der Waals surface area contributed by atoms with Crippen LogP contribution in [0.4, 0.5) is 0 Å². The molecule has 2 saturated carbocycles. The minimum Gasteiger partial charge on any atom is -0.347 e. The minimum atomic E-state index is -0.0129. The van der Waals surface area contributed by atoms with Gasteiger partial charge in [0.25, 0.3) is 5.91 Å². The first-order chi connectivity index (χ1) is 18.7. The van der Waals surface area contributed by atoms with E-state index in [-0.39, 0.29) is 5.91 Å². The van der Waals surface area contributed by atoms with E-state index in [0.29, 0.717) is 18.7 Å². The monoisotopic (exact) mass is 516 g/mol. The van der Waals surface area contributed by atoms with Crippen LogP contribution in [0.1, 0.15) is 98.7 Å². The molecule has 2 aliphatic rings. The summed E-state index contributed by atoms with van der Waals surface area (Å²) in [5.41, 5.74) is 2.03. The number of rotatable bonds is 11. The summed E-state index contributed by atoms with van der Waals surface area (Å²) in [4.78, 5) is 32.8. The summed E-state index contributed by atoms with van der Waals surface area (Å²) in [6.45, 7) is 4.40. The highest BCUT2D eigenvalue weighted by molar-refractivity contribution is 5.94. The average Bonchev–Trinajstić information content (AvgIpc) is 3.68. The fourth-order valence-electron chi connectivity index (χ4n) is 6.69. The number of amides is 1. The standard InChI is InChI=1S/C31H44N6O/c1-2-37(27-6-4-3-5-7-27)28-16-12-25(13-17-28)9-8-24-10-14-26(15-11-24)31(38)36(22-29-32-18-19-33-29)23-30-34-20-21-35-30/h10-11,14-15,18-21,25,27-28H,2-9,12-13,16-17,22-23H2,1H3,(H,32,33)(H,34,35).